The third-order valence-electron chi connectivity index (χ3n) is 5.62. The summed E-state index contributed by atoms with van der Waals surface area (Å²) in [5, 5.41) is 5.12. The van der Waals surface area contributed by atoms with Crippen LogP contribution in [0.25, 0.3) is 10.2 Å². The fourth-order valence-electron chi connectivity index (χ4n) is 4.08. The molecule has 0 radical (unpaired) electrons. The minimum absolute atomic E-state index is 0.0402. The van der Waals surface area contributed by atoms with Crippen molar-refractivity contribution in [3.05, 3.63) is 41.2 Å². The summed E-state index contributed by atoms with van der Waals surface area (Å²) in [6, 6.07) is 6.18. The predicted octanol–water partition coefficient (Wildman–Crippen LogP) is 4.06. The first-order valence-electron chi connectivity index (χ1n) is 11.0. The molecule has 4 rings (SSSR count). The highest BCUT2D eigenvalue weighted by atomic mass is 32.1. The fourth-order valence-corrected chi connectivity index (χ4v) is 5.12. The molecule has 1 aromatic carbocycles. The number of aryl methyl sites for hydroxylation is 2. The van der Waals surface area contributed by atoms with Gasteiger partial charge in [-0.15, -0.1) is 0 Å². The van der Waals surface area contributed by atoms with E-state index in [1.54, 1.807) is 28.3 Å². The van der Waals surface area contributed by atoms with Crippen molar-refractivity contribution in [2.45, 2.75) is 40.2 Å². The molecule has 0 unspecified atom stereocenters. The summed E-state index contributed by atoms with van der Waals surface area (Å²) in [7, 11) is 0. The number of morpholine rings is 1. The van der Waals surface area contributed by atoms with E-state index in [4.69, 9.17) is 9.72 Å². The van der Waals surface area contributed by atoms with Gasteiger partial charge in [0.25, 0.3) is 5.91 Å². The number of carbonyl (C=O) groups is 1. The Kier molecular flexibility index (Phi) is 6.69. The molecule has 31 heavy (non-hydrogen) atoms. The van der Waals surface area contributed by atoms with E-state index in [0.717, 1.165) is 54.6 Å². The number of thiazole rings is 1. The Balaban J connectivity index is 1.62. The van der Waals surface area contributed by atoms with Gasteiger partial charge in [0.05, 0.1) is 23.4 Å². The zero-order valence-electron chi connectivity index (χ0n) is 18.8. The van der Waals surface area contributed by atoms with Gasteiger partial charge >= 0.3 is 0 Å². The largest absolute Gasteiger partial charge is 0.379 e. The van der Waals surface area contributed by atoms with Gasteiger partial charge in [0.1, 0.15) is 5.69 Å². The molecule has 0 aliphatic carbocycles. The number of fused-ring (bicyclic) bond motifs is 1. The van der Waals surface area contributed by atoms with Crippen molar-refractivity contribution in [1.82, 2.24) is 19.7 Å². The van der Waals surface area contributed by atoms with E-state index >= 15 is 0 Å². The van der Waals surface area contributed by atoms with Crippen molar-refractivity contribution in [1.29, 1.82) is 0 Å². The van der Waals surface area contributed by atoms with Crippen molar-refractivity contribution in [3.63, 3.8) is 0 Å². The standard InChI is InChI=1S/C23H31N5O2S/c1-16(2)28-20(6-7-24-28)22(29)27(9-5-8-26-10-12-30-13-11-26)23-25-19-15-17(3)14-18(4)21(19)31-23/h6-7,14-16H,5,8-13H2,1-4H3. The highest BCUT2D eigenvalue weighted by molar-refractivity contribution is 7.22. The molecule has 1 aliphatic rings. The fraction of sp³-hybridized carbons (Fsp3) is 0.522. The zero-order chi connectivity index (χ0) is 22.0. The van der Waals surface area contributed by atoms with Crippen LogP contribution in [0.2, 0.25) is 0 Å². The molecule has 3 aromatic rings. The molecule has 1 aliphatic heterocycles. The number of carbonyl (C=O) groups excluding carboxylic acids is 1. The van der Waals surface area contributed by atoms with E-state index < -0.39 is 0 Å². The molecule has 2 aromatic heterocycles. The Morgan fingerprint density at radius 3 is 2.77 bits per heavy atom. The van der Waals surface area contributed by atoms with Crippen LogP contribution in [0, 0.1) is 13.8 Å². The quantitative estimate of drug-likeness (QED) is 0.553. The molecule has 0 spiro atoms. The van der Waals surface area contributed by atoms with Gasteiger partial charge in [-0.05, 0) is 57.4 Å². The highest BCUT2D eigenvalue weighted by Gasteiger charge is 2.25. The summed E-state index contributed by atoms with van der Waals surface area (Å²) < 4.78 is 8.38. The van der Waals surface area contributed by atoms with Crippen molar-refractivity contribution >= 4 is 32.6 Å². The summed E-state index contributed by atoms with van der Waals surface area (Å²) in [6.45, 7) is 13.3. The average molecular weight is 442 g/mol. The smallest absolute Gasteiger partial charge is 0.278 e. The molecule has 1 amide bonds. The number of benzene rings is 1. The molecule has 0 saturated carbocycles. The molecular formula is C23H31N5O2S. The van der Waals surface area contributed by atoms with Crippen LogP contribution in [-0.4, -0.2) is 65.0 Å². The van der Waals surface area contributed by atoms with Crippen molar-refractivity contribution < 1.29 is 9.53 Å². The number of rotatable bonds is 7. The predicted molar refractivity (Wildman–Crippen MR) is 125 cm³/mol. The van der Waals surface area contributed by atoms with Gasteiger partial charge in [-0.2, -0.15) is 5.10 Å². The highest BCUT2D eigenvalue weighted by Crippen LogP contribution is 2.33. The molecular weight excluding hydrogens is 410 g/mol. The van der Waals surface area contributed by atoms with Crippen LogP contribution in [0.3, 0.4) is 0 Å². The monoisotopic (exact) mass is 441 g/mol. The van der Waals surface area contributed by atoms with Gasteiger partial charge in [-0.3, -0.25) is 19.3 Å². The molecule has 166 valence electrons. The summed E-state index contributed by atoms with van der Waals surface area (Å²) in [5.41, 5.74) is 3.95. The molecule has 3 heterocycles. The number of ether oxygens (including phenoxy) is 1. The van der Waals surface area contributed by atoms with Crippen LogP contribution in [0.5, 0.6) is 0 Å². The Bertz CT molecular complexity index is 1050. The third-order valence-corrected chi connectivity index (χ3v) is 6.85. The minimum Gasteiger partial charge on any atom is -0.379 e. The first kappa shape index (κ1) is 21.9. The van der Waals surface area contributed by atoms with E-state index in [2.05, 4.69) is 36.0 Å². The lowest BCUT2D eigenvalue weighted by molar-refractivity contribution is 0.0376. The third kappa shape index (κ3) is 4.81. The SMILES string of the molecule is Cc1cc(C)c2sc(N(CCCN3CCOCC3)C(=O)c3ccnn3C(C)C)nc2c1. The lowest BCUT2D eigenvalue weighted by Crippen LogP contribution is -2.39. The Labute approximate surface area is 187 Å². The topological polar surface area (TPSA) is 63.5 Å². The van der Waals surface area contributed by atoms with E-state index in [0.29, 0.717) is 12.2 Å². The number of hydrogen-bond acceptors (Lipinski definition) is 6. The maximum atomic E-state index is 13.6. The van der Waals surface area contributed by atoms with Crippen LogP contribution in [0.1, 0.15) is 47.9 Å². The van der Waals surface area contributed by atoms with Crippen molar-refractivity contribution in [2.75, 3.05) is 44.3 Å². The van der Waals surface area contributed by atoms with Crippen LogP contribution in [-0.2, 0) is 4.74 Å². The van der Waals surface area contributed by atoms with Crippen molar-refractivity contribution in [2.24, 2.45) is 0 Å². The molecule has 0 N–H and O–H groups in total. The molecule has 1 fully saturated rings. The minimum atomic E-state index is -0.0402. The second kappa shape index (κ2) is 9.46. The summed E-state index contributed by atoms with van der Waals surface area (Å²) in [5.74, 6) is -0.0402. The van der Waals surface area contributed by atoms with Gasteiger partial charge in [0.15, 0.2) is 5.13 Å². The van der Waals surface area contributed by atoms with Gasteiger partial charge in [0, 0.05) is 38.4 Å². The summed E-state index contributed by atoms with van der Waals surface area (Å²) >= 11 is 1.60. The average Bonchev–Trinajstić information content (AvgIpc) is 3.39. The van der Waals surface area contributed by atoms with E-state index in [1.165, 1.54) is 11.1 Å². The van der Waals surface area contributed by atoms with Gasteiger partial charge in [0.2, 0.25) is 0 Å². The molecule has 1 saturated heterocycles. The maximum absolute atomic E-state index is 13.6. The normalized spacial score (nSPS) is 15.1. The van der Waals surface area contributed by atoms with Crippen molar-refractivity contribution in [3.8, 4) is 0 Å². The van der Waals surface area contributed by atoms with Crippen LogP contribution in [0.4, 0.5) is 5.13 Å². The molecule has 7 nitrogen and oxygen atoms in total. The number of nitrogens with zero attached hydrogens (tertiary/aromatic N) is 5. The number of amides is 1. The number of anilines is 1. The number of aromatic nitrogens is 3. The van der Waals surface area contributed by atoms with Crippen LogP contribution in [0.15, 0.2) is 24.4 Å². The molecule has 0 bridgehead atoms. The molecule has 0 atom stereocenters. The maximum Gasteiger partial charge on any atom is 0.278 e. The second-order valence-corrected chi connectivity index (χ2v) is 9.42. The summed E-state index contributed by atoms with van der Waals surface area (Å²) in [6.07, 6.45) is 2.58. The second-order valence-electron chi connectivity index (χ2n) is 8.45. The van der Waals surface area contributed by atoms with Gasteiger partial charge < -0.3 is 4.74 Å². The van der Waals surface area contributed by atoms with Gasteiger partial charge in [-0.25, -0.2) is 4.98 Å². The lowest BCUT2D eigenvalue weighted by atomic mass is 10.1. The Morgan fingerprint density at radius 1 is 1.26 bits per heavy atom. The summed E-state index contributed by atoms with van der Waals surface area (Å²) in [4.78, 5) is 22.7. The Hall–Kier alpha value is -2.29. The number of hydrogen-bond donors (Lipinski definition) is 0. The van der Waals surface area contributed by atoms with E-state index in [1.807, 2.05) is 18.7 Å². The van der Waals surface area contributed by atoms with E-state index in [9.17, 15) is 4.79 Å². The zero-order valence-corrected chi connectivity index (χ0v) is 19.6. The van der Waals surface area contributed by atoms with E-state index in [-0.39, 0.29) is 11.9 Å². The van der Waals surface area contributed by atoms with Crippen LogP contribution >= 0.6 is 11.3 Å². The Morgan fingerprint density at radius 2 is 2.03 bits per heavy atom. The first-order chi connectivity index (χ1) is 14.9. The van der Waals surface area contributed by atoms with Gasteiger partial charge in [-0.1, -0.05) is 17.4 Å². The lowest BCUT2D eigenvalue weighted by Gasteiger charge is -2.28. The molecule has 8 heteroatoms. The van der Waals surface area contributed by atoms with Crippen LogP contribution < -0.4 is 4.90 Å². The first-order valence-corrected chi connectivity index (χ1v) is 11.8.